The number of rotatable bonds is 5. The molecule has 1 aromatic rings. The smallest absolute Gasteiger partial charge is 0.0175 e. The summed E-state index contributed by atoms with van der Waals surface area (Å²) in [5, 5.41) is 3.74. The van der Waals surface area contributed by atoms with Crippen LogP contribution in [0.15, 0.2) is 28.7 Å². The molecule has 0 aromatic heterocycles. The standard InChI is InChI=1S/C16H24BrN/c1-2-11-18-16-6-4-3-5-14(16)12-13-7-9-15(17)10-8-13/h7-10,14,16,18H,2-6,11-12H2,1H3. The second kappa shape index (κ2) is 7.30. The summed E-state index contributed by atoms with van der Waals surface area (Å²) in [7, 11) is 0. The molecule has 2 unspecified atom stereocenters. The van der Waals surface area contributed by atoms with Crippen LogP contribution in [0.25, 0.3) is 0 Å². The molecule has 0 spiro atoms. The Hall–Kier alpha value is -0.340. The van der Waals surface area contributed by atoms with Crippen molar-refractivity contribution in [2.75, 3.05) is 6.54 Å². The minimum absolute atomic E-state index is 0.738. The highest BCUT2D eigenvalue weighted by Gasteiger charge is 2.24. The fourth-order valence-electron chi connectivity index (χ4n) is 2.97. The van der Waals surface area contributed by atoms with Crippen LogP contribution in [0, 0.1) is 5.92 Å². The normalized spacial score (nSPS) is 24.1. The van der Waals surface area contributed by atoms with E-state index in [-0.39, 0.29) is 0 Å². The van der Waals surface area contributed by atoms with Crippen molar-refractivity contribution in [3.63, 3.8) is 0 Å². The van der Waals surface area contributed by atoms with Crippen LogP contribution in [0.5, 0.6) is 0 Å². The molecule has 1 aliphatic carbocycles. The lowest BCUT2D eigenvalue weighted by molar-refractivity contribution is 0.261. The van der Waals surface area contributed by atoms with Gasteiger partial charge in [-0.3, -0.25) is 0 Å². The molecule has 1 fully saturated rings. The van der Waals surface area contributed by atoms with E-state index >= 15 is 0 Å². The van der Waals surface area contributed by atoms with Gasteiger partial charge in [-0.2, -0.15) is 0 Å². The molecule has 1 nitrogen and oxygen atoms in total. The molecular weight excluding hydrogens is 286 g/mol. The largest absolute Gasteiger partial charge is 0.314 e. The predicted octanol–water partition coefficient (Wildman–Crippen LogP) is 4.55. The summed E-state index contributed by atoms with van der Waals surface area (Å²) in [4.78, 5) is 0. The summed E-state index contributed by atoms with van der Waals surface area (Å²) >= 11 is 3.50. The molecule has 2 heteroatoms. The zero-order chi connectivity index (χ0) is 12.8. The lowest BCUT2D eigenvalue weighted by Crippen LogP contribution is -2.39. The SMILES string of the molecule is CCCNC1CCCCC1Cc1ccc(Br)cc1. The number of hydrogen-bond donors (Lipinski definition) is 1. The zero-order valence-corrected chi connectivity index (χ0v) is 12.9. The van der Waals surface area contributed by atoms with Crippen LogP contribution >= 0.6 is 15.9 Å². The van der Waals surface area contributed by atoms with Gasteiger partial charge in [-0.05, 0) is 55.8 Å². The molecule has 0 aliphatic heterocycles. The molecule has 0 saturated heterocycles. The Balaban J connectivity index is 1.94. The summed E-state index contributed by atoms with van der Waals surface area (Å²) in [6.45, 7) is 3.42. The van der Waals surface area contributed by atoms with Crippen LogP contribution in [-0.2, 0) is 6.42 Å². The molecule has 100 valence electrons. The summed E-state index contributed by atoms with van der Waals surface area (Å²) < 4.78 is 1.18. The second-order valence-electron chi connectivity index (χ2n) is 5.44. The van der Waals surface area contributed by atoms with Gasteiger partial charge in [0.25, 0.3) is 0 Å². The molecule has 0 radical (unpaired) electrons. The molecule has 1 N–H and O–H groups in total. The number of benzene rings is 1. The highest BCUT2D eigenvalue weighted by atomic mass is 79.9. The van der Waals surface area contributed by atoms with Crippen LogP contribution in [-0.4, -0.2) is 12.6 Å². The maximum absolute atomic E-state index is 3.74. The van der Waals surface area contributed by atoms with Gasteiger partial charge in [0.1, 0.15) is 0 Å². The molecule has 0 heterocycles. The summed E-state index contributed by atoms with van der Waals surface area (Å²) in [6.07, 6.45) is 8.03. The zero-order valence-electron chi connectivity index (χ0n) is 11.3. The predicted molar refractivity (Wildman–Crippen MR) is 81.9 cm³/mol. The molecule has 18 heavy (non-hydrogen) atoms. The minimum Gasteiger partial charge on any atom is -0.314 e. The van der Waals surface area contributed by atoms with Gasteiger partial charge in [0, 0.05) is 10.5 Å². The Morgan fingerprint density at radius 3 is 2.61 bits per heavy atom. The topological polar surface area (TPSA) is 12.0 Å². The van der Waals surface area contributed by atoms with Gasteiger partial charge < -0.3 is 5.32 Å². The van der Waals surface area contributed by atoms with Crippen LogP contribution in [0.3, 0.4) is 0 Å². The number of nitrogens with one attached hydrogen (secondary N) is 1. The van der Waals surface area contributed by atoms with E-state index in [1.165, 1.54) is 55.1 Å². The van der Waals surface area contributed by atoms with Gasteiger partial charge >= 0.3 is 0 Å². The monoisotopic (exact) mass is 309 g/mol. The van der Waals surface area contributed by atoms with Crippen molar-refractivity contribution < 1.29 is 0 Å². The Morgan fingerprint density at radius 1 is 1.17 bits per heavy atom. The first-order chi connectivity index (χ1) is 8.79. The second-order valence-corrected chi connectivity index (χ2v) is 6.35. The van der Waals surface area contributed by atoms with Crippen molar-refractivity contribution in [3.8, 4) is 0 Å². The minimum atomic E-state index is 0.738. The average molecular weight is 310 g/mol. The van der Waals surface area contributed by atoms with Crippen molar-refractivity contribution >= 4 is 15.9 Å². The third kappa shape index (κ3) is 4.10. The Labute approximate surface area is 119 Å². The first-order valence-corrected chi connectivity index (χ1v) is 8.06. The molecule has 2 rings (SSSR count). The molecule has 1 saturated carbocycles. The van der Waals surface area contributed by atoms with Gasteiger partial charge in [0.05, 0.1) is 0 Å². The van der Waals surface area contributed by atoms with Gasteiger partial charge in [0.15, 0.2) is 0 Å². The van der Waals surface area contributed by atoms with E-state index in [0.29, 0.717) is 0 Å². The van der Waals surface area contributed by atoms with Gasteiger partial charge in [-0.15, -0.1) is 0 Å². The van der Waals surface area contributed by atoms with Crippen LogP contribution in [0.4, 0.5) is 0 Å². The van der Waals surface area contributed by atoms with Gasteiger partial charge in [0.2, 0.25) is 0 Å². The van der Waals surface area contributed by atoms with Crippen LogP contribution in [0.1, 0.15) is 44.6 Å². The van der Waals surface area contributed by atoms with E-state index in [0.717, 1.165) is 12.0 Å². The molecule has 0 amide bonds. The Morgan fingerprint density at radius 2 is 1.89 bits per heavy atom. The van der Waals surface area contributed by atoms with E-state index < -0.39 is 0 Å². The van der Waals surface area contributed by atoms with Crippen molar-refractivity contribution in [3.05, 3.63) is 34.3 Å². The number of hydrogen-bond acceptors (Lipinski definition) is 1. The van der Waals surface area contributed by atoms with E-state index in [4.69, 9.17) is 0 Å². The molecule has 2 atom stereocenters. The lowest BCUT2D eigenvalue weighted by Gasteiger charge is -2.32. The third-order valence-corrected chi connectivity index (χ3v) is 4.51. The summed E-state index contributed by atoms with van der Waals surface area (Å²) in [5.74, 6) is 0.825. The fourth-order valence-corrected chi connectivity index (χ4v) is 3.24. The fraction of sp³-hybridized carbons (Fsp3) is 0.625. The van der Waals surface area contributed by atoms with E-state index in [1.54, 1.807) is 0 Å². The third-order valence-electron chi connectivity index (χ3n) is 3.98. The highest BCUT2D eigenvalue weighted by Crippen LogP contribution is 2.28. The Kier molecular flexibility index (Phi) is 5.71. The van der Waals surface area contributed by atoms with Crippen molar-refractivity contribution in [2.45, 2.75) is 51.5 Å². The number of halogens is 1. The van der Waals surface area contributed by atoms with E-state index in [1.807, 2.05) is 0 Å². The maximum Gasteiger partial charge on any atom is 0.0175 e. The quantitative estimate of drug-likeness (QED) is 0.841. The van der Waals surface area contributed by atoms with Crippen molar-refractivity contribution in [1.82, 2.24) is 5.32 Å². The highest BCUT2D eigenvalue weighted by molar-refractivity contribution is 9.10. The van der Waals surface area contributed by atoms with Crippen molar-refractivity contribution in [1.29, 1.82) is 0 Å². The average Bonchev–Trinajstić information content (AvgIpc) is 2.40. The van der Waals surface area contributed by atoms with E-state index in [9.17, 15) is 0 Å². The van der Waals surface area contributed by atoms with Crippen molar-refractivity contribution in [2.24, 2.45) is 5.92 Å². The first-order valence-electron chi connectivity index (χ1n) is 7.27. The van der Waals surface area contributed by atoms with Gasteiger partial charge in [-0.25, -0.2) is 0 Å². The molecule has 0 bridgehead atoms. The van der Waals surface area contributed by atoms with Crippen LogP contribution in [0.2, 0.25) is 0 Å². The molecular formula is C16H24BrN. The Bertz CT molecular complexity index is 347. The van der Waals surface area contributed by atoms with Gasteiger partial charge in [-0.1, -0.05) is 47.8 Å². The first kappa shape index (κ1) is 14.1. The lowest BCUT2D eigenvalue weighted by atomic mass is 9.80. The maximum atomic E-state index is 3.74. The summed E-state index contributed by atoms with van der Waals surface area (Å²) in [5.41, 5.74) is 1.48. The van der Waals surface area contributed by atoms with E-state index in [2.05, 4.69) is 52.4 Å². The molecule has 1 aliphatic rings. The molecule has 1 aromatic carbocycles. The van der Waals surface area contributed by atoms with Crippen LogP contribution < -0.4 is 5.32 Å². The summed E-state index contributed by atoms with van der Waals surface area (Å²) in [6, 6.07) is 9.58.